The highest BCUT2D eigenvalue weighted by atomic mass is 16.6. The van der Waals surface area contributed by atoms with E-state index >= 15 is 0 Å². The Morgan fingerprint density at radius 2 is 2.18 bits per heavy atom. The van der Waals surface area contributed by atoms with Crippen LogP contribution in [0.2, 0.25) is 0 Å². The summed E-state index contributed by atoms with van der Waals surface area (Å²) in [5.41, 5.74) is 0.498. The monoisotopic (exact) mass is 151 g/mol. The molecule has 0 bridgehead atoms. The molecular weight excluding hydrogens is 145 g/mol. The molecule has 0 unspecified atom stereocenters. The van der Waals surface area contributed by atoms with Crippen molar-refractivity contribution < 1.29 is 10.0 Å². The molecule has 0 fully saturated rings. The summed E-state index contributed by atoms with van der Waals surface area (Å²) in [6, 6.07) is 4.06. The molecule has 0 spiro atoms. The van der Waals surface area contributed by atoms with Gasteiger partial charge in [-0.1, -0.05) is 6.07 Å². The molecule has 0 heterocycles. The first-order valence-corrected chi connectivity index (χ1v) is 3.05. The minimum atomic E-state index is -0.519. The Balaban J connectivity index is 3.23. The minimum Gasteiger partial charge on any atom is -0.508 e. The van der Waals surface area contributed by atoms with Gasteiger partial charge in [-0.15, -0.1) is 0 Å². The van der Waals surface area contributed by atoms with Crippen LogP contribution < -0.4 is 5.46 Å². The predicted molar refractivity (Wildman–Crippen MR) is 42.9 cm³/mol. The van der Waals surface area contributed by atoms with Gasteiger partial charge < -0.3 is 5.11 Å². The Kier molecular flexibility index (Phi) is 1.80. The normalized spacial score (nSPS) is 9.45. The van der Waals surface area contributed by atoms with Crippen LogP contribution in [0.15, 0.2) is 18.2 Å². The number of nitro groups is 1. The zero-order chi connectivity index (χ0) is 8.43. The maximum absolute atomic E-state index is 10.3. The van der Waals surface area contributed by atoms with E-state index in [0.29, 0.717) is 5.46 Å². The quantitative estimate of drug-likeness (QED) is 0.336. The molecule has 1 N–H and O–H groups in total. The van der Waals surface area contributed by atoms with Crippen molar-refractivity contribution in [2.24, 2.45) is 0 Å². The topological polar surface area (TPSA) is 63.4 Å². The standard InChI is InChI=1S/C6H6BNO3/c7-5-2-1-4(9)3-6(5)8(10)11/h1-3,9H,7H2. The van der Waals surface area contributed by atoms with Crippen molar-refractivity contribution in [3.05, 3.63) is 28.3 Å². The number of hydrogen-bond acceptors (Lipinski definition) is 3. The molecule has 5 heteroatoms. The van der Waals surface area contributed by atoms with E-state index in [1.807, 2.05) is 0 Å². The maximum Gasteiger partial charge on any atom is 0.266 e. The molecule has 0 saturated heterocycles. The first kappa shape index (κ1) is 7.59. The van der Waals surface area contributed by atoms with Crippen LogP contribution >= 0.6 is 0 Å². The van der Waals surface area contributed by atoms with E-state index < -0.39 is 4.92 Å². The summed E-state index contributed by atoms with van der Waals surface area (Å²) < 4.78 is 0. The number of nitro benzene ring substituents is 1. The summed E-state index contributed by atoms with van der Waals surface area (Å²) in [6.07, 6.45) is 0. The molecule has 4 nitrogen and oxygen atoms in total. The van der Waals surface area contributed by atoms with Gasteiger partial charge in [0.05, 0.1) is 11.0 Å². The van der Waals surface area contributed by atoms with Gasteiger partial charge in [-0.05, 0) is 11.5 Å². The van der Waals surface area contributed by atoms with Crippen molar-refractivity contribution in [1.82, 2.24) is 0 Å². The molecule has 0 radical (unpaired) electrons. The lowest BCUT2D eigenvalue weighted by Gasteiger charge is -1.96. The van der Waals surface area contributed by atoms with Gasteiger partial charge in [0.2, 0.25) is 0 Å². The van der Waals surface area contributed by atoms with E-state index in [2.05, 4.69) is 0 Å². The molecule has 0 aromatic heterocycles. The molecule has 0 aliphatic rings. The fourth-order valence-electron chi connectivity index (χ4n) is 0.794. The number of hydrogen-bond donors (Lipinski definition) is 1. The zero-order valence-corrected chi connectivity index (χ0v) is 5.94. The Bertz CT molecular complexity index is 300. The summed E-state index contributed by atoms with van der Waals surface area (Å²) in [5, 5.41) is 19.2. The third-order valence-corrected chi connectivity index (χ3v) is 1.39. The van der Waals surface area contributed by atoms with Crippen LogP contribution in [-0.4, -0.2) is 17.9 Å². The number of nitrogens with zero attached hydrogens (tertiary/aromatic N) is 1. The first-order chi connectivity index (χ1) is 5.11. The molecule has 56 valence electrons. The highest BCUT2D eigenvalue weighted by Crippen LogP contribution is 2.14. The van der Waals surface area contributed by atoms with E-state index in [0.717, 1.165) is 6.07 Å². The molecule has 1 aromatic carbocycles. The summed E-state index contributed by atoms with van der Waals surface area (Å²) in [6.45, 7) is 0. The zero-order valence-electron chi connectivity index (χ0n) is 5.94. The van der Waals surface area contributed by atoms with Crippen LogP contribution in [0.5, 0.6) is 5.75 Å². The fraction of sp³-hybridized carbons (Fsp3) is 0. The third-order valence-electron chi connectivity index (χ3n) is 1.39. The number of benzene rings is 1. The second kappa shape index (κ2) is 2.61. The molecule has 1 aromatic rings. The van der Waals surface area contributed by atoms with Crippen LogP contribution in [0.25, 0.3) is 0 Å². The molecule has 1 rings (SSSR count). The largest absolute Gasteiger partial charge is 0.508 e. The summed E-state index contributed by atoms with van der Waals surface area (Å²) in [5.74, 6) is -0.0812. The van der Waals surface area contributed by atoms with Gasteiger partial charge in [0, 0.05) is 0 Å². The van der Waals surface area contributed by atoms with E-state index in [9.17, 15) is 10.1 Å². The van der Waals surface area contributed by atoms with Crippen molar-refractivity contribution in [3.63, 3.8) is 0 Å². The average Bonchev–Trinajstić information content (AvgIpc) is 1.94. The van der Waals surface area contributed by atoms with Gasteiger partial charge in [-0.3, -0.25) is 10.1 Å². The van der Waals surface area contributed by atoms with Crippen molar-refractivity contribution in [1.29, 1.82) is 0 Å². The van der Waals surface area contributed by atoms with E-state index in [-0.39, 0.29) is 11.4 Å². The van der Waals surface area contributed by atoms with Crippen molar-refractivity contribution >= 4 is 19.0 Å². The summed E-state index contributed by atoms with van der Waals surface area (Å²) in [7, 11) is 1.62. The predicted octanol–water partition coefficient (Wildman–Crippen LogP) is -0.441. The lowest BCUT2D eigenvalue weighted by atomic mass is 9.94. The number of rotatable bonds is 1. The van der Waals surface area contributed by atoms with Gasteiger partial charge in [-0.2, -0.15) is 0 Å². The van der Waals surface area contributed by atoms with Gasteiger partial charge in [0.15, 0.2) is 0 Å². The fourth-order valence-corrected chi connectivity index (χ4v) is 0.794. The number of phenolic OH excluding ortho intramolecular Hbond substituents is 1. The van der Waals surface area contributed by atoms with Crippen LogP contribution in [0.4, 0.5) is 5.69 Å². The molecule has 0 amide bonds. The minimum absolute atomic E-state index is 0.0509. The van der Waals surface area contributed by atoms with Gasteiger partial charge in [0.1, 0.15) is 13.6 Å². The Morgan fingerprint density at radius 3 is 2.64 bits per heavy atom. The first-order valence-electron chi connectivity index (χ1n) is 3.05. The lowest BCUT2D eigenvalue weighted by Crippen LogP contribution is -2.08. The molecule has 0 aliphatic heterocycles. The second-order valence-electron chi connectivity index (χ2n) is 2.23. The lowest BCUT2D eigenvalue weighted by molar-refractivity contribution is -0.383. The van der Waals surface area contributed by atoms with Gasteiger partial charge >= 0.3 is 0 Å². The number of phenols is 1. The van der Waals surface area contributed by atoms with Crippen molar-refractivity contribution in [2.45, 2.75) is 0 Å². The maximum atomic E-state index is 10.3. The van der Waals surface area contributed by atoms with E-state index in [1.54, 1.807) is 7.85 Å². The van der Waals surface area contributed by atoms with Gasteiger partial charge in [-0.25, -0.2) is 0 Å². The van der Waals surface area contributed by atoms with E-state index in [4.69, 9.17) is 5.11 Å². The summed E-state index contributed by atoms with van der Waals surface area (Å²) in [4.78, 5) is 9.75. The molecule has 11 heavy (non-hydrogen) atoms. The van der Waals surface area contributed by atoms with Gasteiger partial charge in [0.25, 0.3) is 5.69 Å². The Labute approximate surface area is 64.0 Å². The average molecular weight is 151 g/mol. The number of aromatic hydroxyl groups is 1. The van der Waals surface area contributed by atoms with Crippen molar-refractivity contribution in [3.8, 4) is 5.75 Å². The molecule has 0 saturated carbocycles. The Morgan fingerprint density at radius 1 is 1.55 bits per heavy atom. The van der Waals surface area contributed by atoms with E-state index in [1.165, 1.54) is 12.1 Å². The second-order valence-corrected chi connectivity index (χ2v) is 2.23. The SMILES string of the molecule is Bc1ccc(O)cc1[N+](=O)[O-]. The van der Waals surface area contributed by atoms with Crippen LogP contribution in [0.1, 0.15) is 0 Å². The summed E-state index contributed by atoms with van der Waals surface area (Å²) >= 11 is 0. The van der Waals surface area contributed by atoms with Crippen molar-refractivity contribution in [2.75, 3.05) is 0 Å². The molecule has 0 aliphatic carbocycles. The Hall–Kier alpha value is -1.52. The smallest absolute Gasteiger partial charge is 0.266 e. The van der Waals surface area contributed by atoms with Crippen LogP contribution in [0, 0.1) is 10.1 Å². The molecular formula is C6H6BNO3. The highest BCUT2D eigenvalue weighted by Gasteiger charge is 2.09. The van der Waals surface area contributed by atoms with Crippen LogP contribution in [0.3, 0.4) is 0 Å². The molecule has 0 atom stereocenters. The highest BCUT2D eigenvalue weighted by molar-refractivity contribution is 6.35. The van der Waals surface area contributed by atoms with Crippen LogP contribution in [-0.2, 0) is 0 Å². The third kappa shape index (κ3) is 1.49.